The molecule has 3 nitrogen and oxygen atoms in total. The molecule has 0 saturated heterocycles. The van der Waals surface area contributed by atoms with Gasteiger partial charge in [0.05, 0.1) is 15.5 Å². The minimum absolute atomic E-state index is 0.00574. The van der Waals surface area contributed by atoms with Crippen molar-refractivity contribution in [2.24, 2.45) is 5.41 Å². The molecule has 0 unspecified atom stereocenters. The van der Waals surface area contributed by atoms with Crippen LogP contribution < -0.4 is 4.74 Å². The second-order valence-corrected chi connectivity index (χ2v) is 4.84. The normalized spacial score (nSPS) is 11.2. The molecule has 0 aliphatic heterocycles. The van der Waals surface area contributed by atoms with Crippen molar-refractivity contribution in [3.8, 4) is 5.75 Å². The average Bonchev–Trinajstić information content (AvgIpc) is 2.16. The van der Waals surface area contributed by atoms with Crippen molar-refractivity contribution in [3.05, 3.63) is 28.2 Å². The zero-order valence-corrected chi connectivity index (χ0v) is 10.5. The highest BCUT2D eigenvalue weighted by atomic mass is 35.5. The topological polar surface area (TPSA) is 46.5 Å². The number of halogens is 2. The van der Waals surface area contributed by atoms with Gasteiger partial charge in [0, 0.05) is 0 Å². The Bertz CT molecular complexity index is 382. The third-order valence-corrected chi connectivity index (χ3v) is 2.67. The summed E-state index contributed by atoms with van der Waals surface area (Å²) < 4.78 is 5.35. The molecule has 0 saturated carbocycles. The Labute approximate surface area is 104 Å². The molecule has 1 aromatic carbocycles. The fraction of sp³-hybridized carbons (Fsp3) is 0.364. The lowest BCUT2D eigenvalue weighted by molar-refractivity contribution is -0.148. The molecule has 1 aromatic rings. The van der Waals surface area contributed by atoms with Crippen molar-refractivity contribution in [1.29, 1.82) is 0 Å². The maximum atomic E-state index is 10.9. The largest absolute Gasteiger partial charge is 0.489 e. The van der Waals surface area contributed by atoms with Crippen LogP contribution in [0.1, 0.15) is 13.8 Å². The van der Waals surface area contributed by atoms with Crippen LogP contribution in [-0.2, 0) is 4.79 Å². The molecule has 0 fully saturated rings. The minimum atomic E-state index is -0.984. The summed E-state index contributed by atoms with van der Waals surface area (Å²) in [5, 5.41) is 9.65. The van der Waals surface area contributed by atoms with Crippen LogP contribution in [0.4, 0.5) is 0 Å². The summed E-state index contributed by atoms with van der Waals surface area (Å²) >= 11 is 11.8. The molecule has 0 aromatic heterocycles. The number of rotatable bonds is 4. The van der Waals surface area contributed by atoms with Gasteiger partial charge in [0.15, 0.2) is 5.75 Å². The monoisotopic (exact) mass is 262 g/mol. The maximum absolute atomic E-state index is 10.9. The molecule has 0 heterocycles. The van der Waals surface area contributed by atoms with Crippen molar-refractivity contribution >= 4 is 29.2 Å². The van der Waals surface area contributed by atoms with Crippen molar-refractivity contribution in [2.45, 2.75) is 13.8 Å². The van der Waals surface area contributed by atoms with E-state index in [1.165, 1.54) is 0 Å². The molecule has 16 heavy (non-hydrogen) atoms. The number of ether oxygens (including phenoxy) is 1. The van der Waals surface area contributed by atoms with Gasteiger partial charge in [0.25, 0.3) is 0 Å². The lowest BCUT2D eigenvalue weighted by atomic mass is 9.95. The van der Waals surface area contributed by atoms with Gasteiger partial charge in [-0.05, 0) is 26.0 Å². The second kappa shape index (κ2) is 4.93. The molecule has 88 valence electrons. The van der Waals surface area contributed by atoms with Crippen LogP contribution in [0.25, 0.3) is 0 Å². The van der Waals surface area contributed by atoms with Gasteiger partial charge < -0.3 is 9.84 Å². The molecule has 0 radical (unpaired) electrons. The summed E-state index contributed by atoms with van der Waals surface area (Å²) in [4.78, 5) is 10.9. The number of carbonyl (C=O) groups is 1. The van der Waals surface area contributed by atoms with Crippen LogP contribution in [-0.4, -0.2) is 17.7 Å². The molecule has 0 aliphatic carbocycles. The summed E-state index contributed by atoms with van der Waals surface area (Å²) in [6.45, 7) is 3.14. The van der Waals surface area contributed by atoms with E-state index >= 15 is 0 Å². The Morgan fingerprint density at radius 1 is 1.38 bits per heavy atom. The fourth-order valence-corrected chi connectivity index (χ4v) is 1.44. The predicted molar refractivity (Wildman–Crippen MR) is 63.4 cm³/mol. The number of benzene rings is 1. The van der Waals surface area contributed by atoms with E-state index in [2.05, 4.69) is 0 Å². The summed E-state index contributed by atoms with van der Waals surface area (Å²) in [7, 11) is 0. The highest BCUT2D eigenvalue weighted by Crippen LogP contribution is 2.33. The molecule has 0 atom stereocenters. The van der Waals surface area contributed by atoms with E-state index in [0.717, 1.165) is 0 Å². The van der Waals surface area contributed by atoms with E-state index in [0.29, 0.717) is 15.8 Å². The van der Waals surface area contributed by atoms with Gasteiger partial charge in [0.2, 0.25) is 0 Å². The van der Waals surface area contributed by atoms with Crippen molar-refractivity contribution in [2.75, 3.05) is 6.61 Å². The molecular formula is C11H12Cl2O3. The number of hydrogen-bond acceptors (Lipinski definition) is 2. The molecule has 1 N–H and O–H groups in total. The van der Waals surface area contributed by atoms with Gasteiger partial charge >= 0.3 is 5.97 Å². The number of carboxylic acids is 1. The van der Waals surface area contributed by atoms with E-state index in [-0.39, 0.29) is 6.61 Å². The Morgan fingerprint density at radius 2 is 1.88 bits per heavy atom. The van der Waals surface area contributed by atoms with Gasteiger partial charge in [-0.25, -0.2) is 0 Å². The predicted octanol–water partition coefficient (Wildman–Crippen LogP) is 3.48. The standard InChI is InChI=1S/C11H12Cl2O3/c1-11(2,10(14)15)6-16-9-7(12)4-3-5-8(9)13/h3-5H,6H2,1-2H3,(H,14,15). The van der Waals surface area contributed by atoms with Gasteiger partial charge in [-0.2, -0.15) is 0 Å². The maximum Gasteiger partial charge on any atom is 0.312 e. The van der Waals surface area contributed by atoms with E-state index in [4.69, 9.17) is 33.0 Å². The lowest BCUT2D eigenvalue weighted by Gasteiger charge is -2.20. The molecule has 5 heteroatoms. The smallest absolute Gasteiger partial charge is 0.312 e. The molecule has 1 rings (SSSR count). The van der Waals surface area contributed by atoms with E-state index < -0.39 is 11.4 Å². The minimum Gasteiger partial charge on any atom is -0.489 e. The van der Waals surface area contributed by atoms with Crippen molar-refractivity contribution < 1.29 is 14.6 Å². The van der Waals surface area contributed by atoms with Crippen LogP contribution in [0.2, 0.25) is 10.0 Å². The third-order valence-electron chi connectivity index (χ3n) is 2.08. The van der Waals surface area contributed by atoms with Gasteiger partial charge in [-0.15, -0.1) is 0 Å². The SMILES string of the molecule is CC(C)(COc1c(Cl)cccc1Cl)C(=O)O. The number of hydrogen-bond donors (Lipinski definition) is 1. The molecule has 0 spiro atoms. The molecule has 0 amide bonds. The zero-order valence-electron chi connectivity index (χ0n) is 8.96. The summed E-state index contributed by atoms with van der Waals surface area (Å²) in [5.74, 6) is -0.615. The van der Waals surface area contributed by atoms with Crippen LogP contribution >= 0.6 is 23.2 Å². The lowest BCUT2D eigenvalue weighted by Crippen LogP contribution is -2.30. The summed E-state index contributed by atoms with van der Waals surface area (Å²) in [5.41, 5.74) is -0.984. The van der Waals surface area contributed by atoms with Crippen LogP contribution in [0.15, 0.2) is 18.2 Å². The molecule has 0 aliphatic rings. The van der Waals surface area contributed by atoms with Gasteiger partial charge in [0.1, 0.15) is 6.61 Å². The number of para-hydroxylation sites is 1. The second-order valence-electron chi connectivity index (χ2n) is 4.03. The van der Waals surface area contributed by atoms with Gasteiger partial charge in [-0.1, -0.05) is 29.3 Å². The first kappa shape index (κ1) is 13.1. The Hall–Kier alpha value is -0.930. The first-order valence-corrected chi connectivity index (χ1v) is 5.40. The highest BCUT2D eigenvalue weighted by Gasteiger charge is 2.28. The van der Waals surface area contributed by atoms with E-state index in [1.54, 1.807) is 32.0 Å². The Kier molecular flexibility index (Phi) is 4.05. The van der Waals surface area contributed by atoms with Gasteiger partial charge in [-0.3, -0.25) is 4.79 Å². The first-order valence-electron chi connectivity index (χ1n) is 4.65. The van der Waals surface area contributed by atoms with Crippen molar-refractivity contribution in [3.63, 3.8) is 0 Å². The molecular weight excluding hydrogens is 251 g/mol. The zero-order chi connectivity index (χ0) is 12.3. The van der Waals surface area contributed by atoms with E-state index in [1.807, 2.05) is 0 Å². The third kappa shape index (κ3) is 3.03. The quantitative estimate of drug-likeness (QED) is 0.904. The van der Waals surface area contributed by atoms with Crippen LogP contribution in [0.5, 0.6) is 5.75 Å². The number of carboxylic acid groups (broad SMARTS) is 1. The Balaban J connectivity index is 2.79. The van der Waals surface area contributed by atoms with Crippen LogP contribution in [0, 0.1) is 5.41 Å². The van der Waals surface area contributed by atoms with E-state index in [9.17, 15) is 4.79 Å². The van der Waals surface area contributed by atoms with Crippen LogP contribution in [0.3, 0.4) is 0 Å². The van der Waals surface area contributed by atoms with Crippen molar-refractivity contribution in [1.82, 2.24) is 0 Å². The Morgan fingerprint density at radius 3 is 2.31 bits per heavy atom. The summed E-state index contributed by atoms with van der Waals surface area (Å²) in [6.07, 6.45) is 0. The average molecular weight is 263 g/mol. The number of aliphatic carboxylic acids is 1. The highest BCUT2D eigenvalue weighted by molar-refractivity contribution is 6.37. The fourth-order valence-electron chi connectivity index (χ4n) is 0.935. The molecule has 0 bridgehead atoms. The first-order chi connectivity index (χ1) is 7.34. The summed E-state index contributed by atoms with van der Waals surface area (Å²) in [6, 6.07) is 4.97.